The molecule has 1 aromatic rings. The van der Waals surface area contributed by atoms with Crippen LogP contribution >= 0.6 is 0 Å². The molecule has 1 aliphatic carbocycles. The highest BCUT2D eigenvalue weighted by Crippen LogP contribution is 2.35. The molecule has 2 nitrogen and oxygen atoms in total. The molecular weight excluding hydrogens is 241 g/mol. The van der Waals surface area contributed by atoms with Crippen molar-refractivity contribution in [3.05, 3.63) is 24.0 Å². The number of phenolic OH excluding ortho intramolecular Hbond substituents is 1. The maximum atomic E-state index is 13.4. The highest BCUT2D eigenvalue weighted by atomic mass is 19.1. The van der Waals surface area contributed by atoms with Crippen molar-refractivity contribution in [2.24, 2.45) is 17.8 Å². The Bertz CT molecular complexity index is 433. The summed E-state index contributed by atoms with van der Waals surface area (Å²) in [4.78, 5) is 0. The van der Waals surface area contributed by atoms with Crippen LogP contribution < -0.4 is 5.32 Å². The van der Waals surface area contributed by atoms with Crippen molar-refractivity contribution < 1.29 is 9.50 Å². The van der Waals surface area contributed by atoms with E-state index in [9.17, 15) is 9.50 Å². The Hall–Kier alpha value is -1.25. The number of halogens is 1. The van der Waals surface area contributed by atoms with E-state index in [4.69, 9.17) is 0 Å². The van der Waals surface area contributed by atoms with E-state index < -0.39 is 5.82 Å². The number of nitrogens with one attached hydrogen (secondary N) is 1. The lowest BCUT2D eigenvalue weighted by Crippen LogP contribution is -2.37. The van der Waals surface area contributed by atoms with Gasteiger partial charge in [-0.25, -0.2) is 4.39 Å². The van der Waals surface area contributed by atoms with Gasteiger partial charge in [-0.1, -0.05) is 27.2 Å². The number of hydrogen-bond acceptors (Lipinski definition) is 2. The van der Waals surface area contributed by atoms with Gasteiger partial charge in [0.05, 0.1) is 0 Å². The zero-order valence-corrected chi connectivity index (χ0v) is 12.0. The van der Waals surface area contributed by atoms with Gasteiger partial charge in [0, 0.05) is 17.8 Å². The van der Waals surface area contributed by atoms with Crippen molar-refractivity contribution in [2.75, 3.05) is 5.32 Å². The second-order valence-corrected chi connectivity index (χ2v) is 6.24. The monoisotopic (exact) mass is 265 g/mol. The summed E-state index contributed by atoms with van der Waals surface area (Å²) in [7, 11) is 0. The Morgan fingerprint density at radius 1 is 1.32 bits per heavy atom. The number of anilines is 1. The third kappa shape index (κ3) is 3.40. The van der Waals surface area contributed by atoms with Crippen LogP contribution in [0.4, 0.5) is 10.1 Å². The lowest BCUT2D eigenvalue weighted by Gasteiger charge is -2.38. The molecule has 0 bridgehead atoms. The third-order valence-corrected chi connectivity index (χ3v) is 4.32. The van der Waals surface area contributed by atoms with Crippen LogP contribution in [0.1, 0.15) is 40.0 Å². The molecule has 1 aromatic carbocycles. The molecule has 1 fully saturated rings. The SMILES string of the molecule is CC1CCC(C(C)C)C(Nc2ccc(O)c(F)c2)C1. The summed E-state index contributed by atoms with van der Waals surface area (Å²) in [6, 6.07) is 4.93. The van der Waals surface area contributed by atoms with Gasteiger partial charge in [-0.15, -0.1) is 0 Å². The van der Waals surface area contributed by atoms with Gasteiger partial charge in [0.25, 0.3) is 0 Å². The number of benzene rings is 1. The van der Waals surface area contributed by atoms with Crippen molar-refractivity contribution in [1.82, 2.24) is 0 Å². The zero-order valence-electron chi connectivity index (χ0n) is 12.0. The summed E-state index contributed by atoms with van der Waals surface area (Å²) in [5, 5.41) is 12.7. The Kier molecular flexibility index (Phi) is 4.33. The fourth-order valence-corrected chi connectivity index (χ4v) is 3.18. The Morgan fingerprint density at radius 3 is 2.68 bits per heavy atom. The van der Waals surface area contributed by atoms with E-state index in [0.29, 0.717) is 17.9 Å². The molecule has 3 unspecified atom stereocenters. The second-order valence-electron chi connectivity index (χ2n) is 6.24. The van der Waals surface area contributed by atoms with Crippen LogP contribution in [-0.4, -0.2) is 11.1 Å². The van der Waals surface area contributed by atoms with Crippen molar-refractivity contribution in [3.8, 4) is 5.75 Å². The minimum atomic E-state index is -0.560. The number of rotatable bonds is 3. The molecule has 1 saturated carbocycles. The van der Waals surface area contributed by atoms with Crippen LogP contribution in [0, 0.1) is 23.6 Å². The van der Waals surface area contributed by atoms with Gasteiger partial charge in [-0.2, -0.15) is 0 Å². The van der Waals surface area contributed by atoms with Crippen LogP contribution in [0.5, 0.6) is 5.75 Å². The molecule has 19 heavy (non-hydrogen) atoms. The van der Waals surface area contributed by atoms with Gasteiger partial charge in [0.15, 0.2) is 11.6 Å². The van der Waals surface area contributed by atoms with Gasteiger partial charge in [-0.3, -0.25) is 0 Å². The molecule has 0 radical (unpaired) electrons. The molecule has 0 aliphatic heterocycles. The summed E-state index contributed by atoms with van der Waals surface area (Å²) < 4.78 is 13.4. The summed E-state index contributed by atoms with van der Waals surface area (Å²) >= 11 is 0. The van der Waals surface area contributed by atoms with Gasteiger partial charge >= 0.3 is 0 Å². The number of hydrogen-bond donors (Lipinski definition) is 2. The molecule has 3 heteroatoms. The molecule has 0 saturated heterocycles. The minimum absolute atomic E-state index is 0.289. The van der Waals surface area contributed by atoms with Crippen LogP contribution in [0.25, 0.3) is 0 Å². The summed E-state index contributed by atoms with van der Waals surface area (Å²) in [5.74, 6) is 1.13. The highest BCUT2D eigenvalue weighted by molar-refractivity contribution is 5.47. The molecular formula is C16H24FNO. The topological polar surface area (TPSA) is 32.3 Å². The van der Waals surface area contributed by atoms with Gasteiger partial charge < -0.3 is 10.4 Å². The lowest BCUT2D eigenvalue weighted by atomic mass is 9.74. The van der Waals surface area contributed by atoms with Crippen LogP contribution in [0.3, 0.4) is 0 Å². The third-order valence-electron chi connectivity index (χ3n) is 4.32. The molecule has 106 valence electrons. The van der Waals surface area contributed by atoms with Crippen molar-refractivity contribution in [2.45, 2.75) is 46.1 Å². The van der Waals surface area contributed by atoms with E-state index in [1.165, 1.54) is 25.0 Å². The van der Waals surface area contributed by atoms with Crippen molar-refractivity contribution >= 4 is 5.69 Å². The predicted octanol–water partition coefficient (Wildman–Crippen LogP) is 4.40. The number of aromatic hydroxyl groups is 1. The van der Waals surface area contributed by atoms with E-state index in [1.807, 2.05) is 0 Å². The quantitative estimate of drug-likeness (QED) is 0.794. The molecule has 0 heterocycles. The van der Waals surface area contributed by atoms with Crippen LogP contribution in [-0.2, 0) is 0 Å². The van der Waals surface area contributed by atoms with E-state index >= 15 is 0 Å². The molecule has 2 rings (SSSR count). The summed E-state index contributed by atoms with van der Waals surface area (Å²) in [6.45, 7) is 6.79. The van der Waals surface area contributed by atoms with Gasteiger partial charge in [0.1, 0.15) is 0 Å². The van der Waals surface area contributed by atoms with Crippen molar-refractivity contribution in [3.63, 3.8) is 0 Å². The predicted molar refractivity (Wildman–Crippen MR) is 76.8 cm³/mol. The molecule has 0 amide bonds. The smallest absolute Gasteiger partial charge is 0.166 e. The van der Waals surface area contributed by atoms with Gasteiger partial charge in [0.2, 0.25) is 0 Å². The largest absolute Gasteiger partial charge is 0.505 e. The minimum Gasteiger partial charge on any atom is -0.505 e. The maximum absolute atomic E-state index is 13.4. The lowest BCUT2D eigenvalue weighted by molar-refractivity contribution is 0.212. The Morgan fingerprint density at radius 2 is 2.05 bits per heavy atom. The summed E-state index contributed by atoms with van der Waals surface area (Å²) in [5.41, 5.74) is 0.764. The molecule has 1 aliphatic rings. The average molecular weight is 265 g/mol. The second kappa shape index (κ2) is 5.81. The van der Waals surface area contributed by atoms with E-state index in [0.717, 1.165) is 18.0 Å². The zero-order chi connectivity index (χ0) is 14.0. The Balaban J connectivity index is 2.11. The fourth-order valence-electron chi connectivity index (χ4n) is 3.18. The fraction of sp³-hybridized carbons (Fsp3) is 0.625. The molecule has 3 atom stereocenters. The molecule has 0 spiro atoms. The average Bonchev–Trinajstić information content (AvgIpc) is 2.33. The van der Waals surface area contributed by atoms with Gasteiger partial charge in [-0.05, 0) is 42.7 Å². The number of phenols is 1. The standard InChI is InChI=1S/C16H24FNO/c1-10(2)13-6-4-11(3)8-15(13)18-12-5-7-16(19)14(17)9-12/h5,7,9-11,13,15,18-19H,4,6,8H2,1-3H3. The van der Waals surface area contributed by atoms with E-state index in [1.54, 1.807) is 6.07 Å². The van der Waals surface area contributed by atoms with E-state index in [2.05, 4.69) is 26.1 Å². The first-order valence-corrected chi connectivity index (χ1v) is 7.22. The molecule has 0 aromatic heterocycles. The summed E-state index contributed by atoms with van der Waals surface area (Å²) in [6.07, 6.45) is 3.65. The van der Waals surface area contributed by atoms with Crippen molar-refractivity contribution in [1.29, 1.82) is 0 Å². The maximum Gasteiger partial charge on any atom is 0.166 e. The first kappa shape index (κ1) is 14.2. The normalized spacial score (nSPS) is 27.5. The van der Waals surface area contributed by atoms with Crippen LogP contribution in [0.2, 0.25) is 0 Å². The van der Waals surface area contributed by atoms with E-state index in [-0.39, 0.29) is 5.75 Å². The first-order valence-electron chi connectivity index (χ1n) is 7.22. The first-order chi connectivity index (χ1) is 8.97. The molecule has 2 N–H and O–H groups in total. The Labute approximate surface area is 115 Å². The highest BCUT2D eigenvalue weighted by Gasteiger charge is 2.30. The van der Waals surface area contributed by atoms with Crippen LogP contribution in [0.15, 0.2) is 18.2 Å².